The van der Waals surface area contributed by atoms with Crippen molar-refractivity contribution < 1.29 is 9.90 Å². The predicted molar refractivity (Wildman–Crippen MR) is 78.5 cm³/mol. The highest BCUT2D eigenvalue weighted by Gasteiger charge is 2.19. The third-order valence-corrected chi connectivity index (χ3v) is 4.01. The maximum absolute atomic E-state index is 11.3. The van der Waals surface area contributed by atoms with Gasteiger partial charge < -0.3 is 10.4 Å². The zero-order valence-corrected chi connectivity index (χ0v) is 12.1. The van der Waals surface area contributed by atoms with E-state index in [1.165, 1.54) is 31.7 Å². The Morgan fingerprint density at radius 3 is 2.37 bits per heavy atom. The van der Waals surface area contributed by atoms with Gasteiger partial charge >= 0.3 is 5.97 Å². The second kappa shape index (κ2) is 6.49. The molecular weight excluding hydrogens is 285 g/mol. The van der Waals surface area contributed by atoms with Gasteiger partial charge in [-0.05, 0) is 25.0 Å². The lowest BCUT2D eigenvalue weighted by Gasteiger charge is -2.20. The van der Waals surface area contributed by atoms with Crippen molar-refractivity contribution in [2.45, 2.75) is 44.6 Å². The molecule has 1 aromatic rings. The number of anilines is 1. The average Bonchev–Trinajstić information content (AvgIpc) is 2.60. The minimum Gasteiger partial charge on any atom is -0.478 e. The normalized spacial score (nSPS) is 16.9. The van der Waals surface area contributed by atoms with Crippen molar-refractivity contribution in [2.24, 2.45) is 0 Å². The Morgan fingerprint density at radius 2 is 1.79 bits per heavy atom. The highest BCUT2D eigenvalue weighted by molar-refractivity contribution is 6.37. The summed E-state index contributed by atoms with van der Waals surface area (Å²) in [5.74, 6) is -1.01. The standard InChI is InChI=1S/C14H17Cl2NO2/c15-9-7-11(14(18)19)13(12(16)8-9)17-10-5-3-1-2-4-6-10/h7-8,10,17H,1-6H2,(H,18,19). The fourth-order valence-electron chi connectivity index (χ4n) is 2.52. The van der Waals surface area contributed by atoms with Crippen molar-refractivity contribution in [3.05, 3.63) is 27.7 Å². The van der Waals surface area contributed by atoms with Crippen LogP contribution in [0.1, 0.15) is 48.9 Å². The molecule has 104 valence electrons. The molecule has 1 aliphatic carbocycles. The van der Waals surface area contributed by atoms with E-state index in [9.17, 15) is 9.90 Å². The van der Waals surface area contributed by atoms with Crippen LogP contribution in [-0.4, -0.2) is 17.1 Å². The van der Waals surface area contributed by atoms with Gasteiger partial charge in [-0.25, -0.2) is 4.79 Å². The molecule has 2 N–H and O–H groups in total. The highest BCUT2D eigenvalue weighted by Crippen LogP contribution is 2.32. The van der Waals surface area contributed by atoms with Crippen LogP contribution in [0.2, 0.25) is 10.0 Å². The molecule has 1 fully saturated rings. The fourth-order valence-corrected chi connectivity index (χ4v) is 3.06. The quantitative estimate of drug-likeness (QED) is 0.786. The first kappa shape index (κ1) is 14.5. The van der Waals surface area contributed by atoms with Crippen molar-refractivity contribution in [3.63, 3.8) is 0 Å². The molecule has 2 rings (SSSR count). The molecule has 0 saturated heterocycles. The Hall–Kier alpha value is -0.930. The molecule has 0 aromatic heterocycles. The van der Waals surface area contributed by atoms with E-state index >= 15 is 0 Å². The van der Waals surface area contributed by atoms with Crippen LogP contribution in [0.5, 0.6) is 0 Å². The van der Waals surface area contributed by atoms with Crippen LogP contribution in [0.4, 0.5) is 5.69 Å². The second-order valence-corrected chi connectivity index (χ2v) is 5.79. The topological polar surface area (TPSA) is 49.3 Å². The first-order chi connectivity index (χ1) is 9.08. The van der Waals surface area contributed by atoms with Crippen LogP contribution < -0.4 is 5.32 Å². The smallest absolute Gasteiger partial charge is 0.337 e. The van der Waals surface area contributed by atoms with Crippen molar-refractivity contribution in [3.8, 4) is 0 Å². The van der Waals surface area contributed by atoms with E-state index in [1.807, 2.05) is 0 Å². The number of benzene rings is 1. The lowest BCUT2D eigenvalue weighted by molar-refractivity contribution is 0.0698. The number of hydrogen-bond acceptors (Lipinski definition) is 2. The Kier molecular flexibility index (Phi) is 4.94. The van der Waals surface area contributed by atoms with Crippen LogP contribution in [0.25, 0.3) is 0 Å². The summed E-state index contributed by atoms with van der Waals surface area (Å²) in [5.41, 5.74) is 0.632. The molecule has 1 aliphatic rings. The number of hydrogen-bond donors (Lipinski definition) is 2. The third-order valence-electron chi connectivity index (χ3n) is 3.49. The highest BCUT2D eigenvalue weighted by atomic mass is 35.5. The molecule has 0 bridgehead atoms. The summed E-state index contributed by atoms with van der Waals surface area (Å²) in [6, 6.07) is 3.31. The first-order valence-electron chi connectivity index (χ1n) is 6.57. The molecule has 0 aliphatic heterocycles. The van der Waals surface area contributed by atoms with E-state index in [0.717, 1.165) is 12.8 Å². The van der Waals surface area contributed by atoms with E-state index < -0.39 is 5.97 Å². The van der Waals surface area contributed by atoms with Crippen molar-refractivity contribution >= 4 is 34.9 Å². The zero-order chi connectivity index (χ0) is 13.8. The van der Waals surface area contributed by atoms with Crippen LogP contribution in [0.15, 0.2) is 12.1 Å². The van der Waals surface area contributed by atoms with Crippen LogP contribution in [0.3, 0.4) is 0 Å². The van der Waals surface area contributed by atoms with E-state index in [2.05, 4.69) is 5.32 Å². The minimum atomic E-state index is -1.01. The van der Waals surface area contributed by atoms with Crippen molar-refractivity contribution in [1.29, 1.82) is 0 Å². The number of nitrogens with one attached hydrogen (secondary N) is 1. The number of rotatable bonds is 3. The molecule has 1 aromatic carbocycles. The molecule has 19 heavy (non-hydrogen) atoms. The van der Waals surface area contributed by atoms with Crippen molar-refractivity contribution in [1.82, 2.24) is 0 Å². The summed E-state index contributed by atoms with van der Waals surface area (Å²) >= 11 is 12.0. The van der Waals surface area contributed by atoms with Crippen LogP contribution in [0, 0.1) is 0 Å². The van der Waals surface area contributed by atoms with Gasteiger partial charge in [-0.2, -0.15) is 0 Å². The van der Waals surface area contributed by atoms with Gasteiger partial charge in [-0.3, -0.25) is 0 Å². The number of carboxylic acids is 1. The van der Waals surface area contributed by atoms with Gasteiger partial charge in [0.25, 0.3) is 0 Å². The SMILES string of the molecule is O=C(O)c1cc(Cl)cc(Cl)c1NC1CCCCCC1. The summed E-state index contributed by atoms with van der Waals surface area (Å²) in [4.78, 5) is 11.3. The third kappa shape index (κ3) is 3.77. The van der Waals surface area contributed by atoms with Gasteiger partial charge in [-0.1, -0.05) is 48.9 Å². The molecule has 5 heteroatoms. The van der Waals surface area contributed by atoms with Gasteiger partial charge in [0.15, 0.2) is 0 Å². The first-order valence-corrected chi connectivity index (χ1v) is 7.32. The maximum atomic E-state index is 11.3. The molecule has 1 saturated carbocycles. The fraction of sp³-hybridized carbons (Fsp3) is 0.500. The summed E-state index contributed by atoms with van der Waals surface area (Å²) < 4.78 is 0. The van der Waals surface area contributed by atoms with E-state index in [-0.39, 0.29) is 5.56 Å². The van der Waals surface area contributed by atoms with Gasteiger partial charge in [-0.15, -0.1) is 0 Å². The largest absolute Gasteiger partial charge is 0.478 e. The van der Waals surface area contributed by atoms with E-state index in [4.69, 9.17) is 23.2 Å². The second-order valence-electron chi connectivity index (χ2n) is 4.95. The molecule has 0 spiro atoms. The number of carboxylic acid groups (broad SMARTS) is 1. The van der Waals surface area contributed by atoms with Gasteiger partial charge in [0.1, 0.15) is 0 Å². The monoisotopic (exact) mass is 301 g/mol. The molecule has 0 amide bonds. The number of carbonyl (C=O) groups is 1. The van der Waals surface area contributed by atoms with Gasteiger partial charge in [0, 0.05) is 11.1 Å². The van der Waals surface area contributed by atoms with Crippen LogP contribution in [-0.2, 0) is 0 Å². The summed E-state index contributed by atoms with van der Waals surface area (Å²) in [5, 5.41) is 13.2. The minimum absolute atomic E-state index is 0.141. The van der Waals surface area contributed by atoms with Crippen molar-refractivity contribution in [2.75, 3.05) is 5.32 Å². The molecule has 0 radical (unpaired) electrons. The van der Waals surface area contributed by atoms with E-state index in [1.54, 1.807) is 6.07 Å². The lowest BCUT2D eigenvalue weighted by Crippen LogP contribution is -2.20. The Morgan fingerprint density at radius 1 is 1.16 bits per heavy atom. The Bertz CT molecular complexity index is 469. The summed E-state index contributed by atoms with van der Waals surface area (Å²) in [6.07, 6.45) is 6.95. The maximum Gasteiger partial charge on any atom is 0.337 e. The average molecular weight is 302 g/mol. The molecular formula is C14H17Cl2NO2. The lowest BCUT2D eigenvalue weighted by atomic mass is 10.1. The van der Waals surface area contributed by atoms with Gasteiger partial charge in [0.2, 0.25) is 0 Å². The molecule has 0 unspecified atom stereocenters. The Balaban J connectivity index is 2.25. The van der Waals surface area contributed by atoms with E-state index in [0.29, 0.717) is 21.8 Å². The Labute approximate surface area is 122 Å². The number of aromatic carboxylic acids is 1. The predicted octanol–water partition coefficient (Wildman–Crippen LogP) is 4.83. The molecule has 0 heterocycles. The van der Waals surface area contributed by atoms with Gasteiger partial charge in [0.05, 0.1) is 16.3 Å². The summed E-state index contributed by atoms with van der Waals surface area (Å²) in [7, 11) is 0. The van der Waals surface area contributed by atoms with Crippen LogP contribution >= 0.6 is 23.2 Å². The number of halogens is 2. The molecule has 0 atom stereocenters. The summed E-state index contributed by atoms with van der Waals surface area (Å²) in [6.45, 7) is 0. The molecule has 3 nitrogen and oxygen atoms in total. The zero-order valence-electron chi connectivity index (χ0n) is 10.6.